The lowest BCUT2D eigenvalue weighted by Gasteiger charge is -2.25. The first-order chi connectivity index (χ1) is 24.9. The van der Waals surface area contributed by atoms with Crippen LogP contribution in [0.3, 0.4) is 0 Å². The molecule has 0 aliphatic carbocycles. The van der Waals surface area contributed by atoms with E-state index in [4.69, 9.17) is 9.47 Å². The second-order valence-corrected chi connectivity index (χ2v) is 13.8. The number of nitrogens with zero attached hydrogens (tertiary/aromatic N) is 4. The third-order valence-corrected chi connectivity index (χ3v) is 8.25. The Hall–Kier alpha value is -5.04. The molecular weight excluding hydrogens is 719 g/mol. The number of carbonyl (C=O) groups excluding carboxylic acids is 4. The molecule has 19 heteroatoms. The van der Waals surface area contributed by atoms with Crippen LogP contribution in [0.4, 0.5) is 28.6 Å². The molecule has 0 radical (unpaired) electrons. The fraction of sp³-hybridized carbons (Fsp3) is 0.500. The number of hydrogen-bond acceptors (Lipinski definition) is 11. The Bertz CT molecular complexity index is 1740. The van der Waals surface area contributed by atoms with Gasteiger partial charge in [-0.3, -0.25) is 25.8 Å². The van der Waals surface area contributed by atoms with Gasteiger partial charge in [0.15, 0.2) is 5.69 Å². The molecule has 1 atom stereocenters. The van der Waals surface area contributed by atoms with Gasteiger partial charge >= 0.3 is 18.3 Å². The average molecular weight is 766 g/mol. The number of pyridine rings is 2. The Morgan fingerprint density at radius 3 is 2.23 bits per heavy atom. The van der Waals surface area contributed by atoms with Gasteiger partial charge in [-0.25, -0.2) is 24.5 Å². The topological polar surface area (TPSA) is 189 Å². The number of ether oxygens (including phenoxy) is 2. The molecule has 53 heavy (non-hydrogen) atoms. The molecule has 0 saturated carbocycles. The molecule has 3 aromatic rings. The molecule has 0 saturated heterocycles. The molecule has 0 unspecified atom stereocenters. The van der Waals surface area contributed by atoms with Crippen LogP contribution in [-0.4, -0.2) is 88.2 Å². The van der Waals surface area contributed by atoms with Crippen molar-refractivity contribution < 1.29 is 41.8 Å². The van der Waals surface area contributed by atoms with Gasteiger partial charge in [-0.2, -0.15) is 13.2 Å². The molecule has 0 fully saturated rings. The Morgan fingerprint density at radius 1 is 0.943 bits per heavy atom. The quantitative estimate of drug-likeness (QED) is 0.132. The van der Waals surface area contributed by atoms with Crippen molar-refractivity contribution in [1.82, 2.24) is 41.3 Å². The van der Waals surface area contributed by atoms with Crippen molar-refractivity contribution in [3.05, 3.63) is 41.2 Å². The number of alkyl carbamates (subject to hydrolysis) is 1. The van der Waals surface area contributed by atoms with Crippen molar-refractivity contribution >= 4 is 41.1 Å². The molecule has 5 amide bonds. The van der Waals surface area contributed by atoms with Gasteiger partial charge in [-0.1, -0.05) is 27.7 Å². The molecule has 0 aliphatic heterocycles. The van der Waals surface area contributed by atoms with E-state index in [1.165, 1.54) is 24.5 Å². The summed E-state index contributed by atoms with van der Waals surface area (Å²) in [6.45, 7) is 16.7. The normalized spacial score (nSPS) is 12.2. The van der Waals surface area contributed by atoms with Gasteiger partial charge in [0.2, 0.25) is 5.88 Å². The molecule has 3 heterocycles. The minimum atomic E-state index is -4.72. The number of halogens is 3. The summed E-state index contributed by atoms with van der Waals surface area (Å²) < 4.78 is 52.2. The third kappa shape index (κ3) is 12.6. The van der Waals surface area contributed by atoms with Crippen LogP contribution in [0.1, 0.15) is 71.4 Å². The zero-order valence-electron chi connectivity index (χ0n) is 30.9. The van der Waals surface area contributed by atoms with Crippen molar-refractivity contribution in [2.45, 2.75) is 73.2 Å². The first-order valence-corrected chi connectivity index (χ1v) is 17.8. The van der Waals surface area contributed by atoms with Crippen LogP contribution < -0.4 is 31.5 Å². The fourth-order valence-corrected chi connectivity index (χ4v) is 5.55. The number of aromatic nitrogens is 3. The van der Waals surface area contributed by atoms with E-state index in [0.29, 0.717) is 13.1 Å². The van der Waals surface area contributed by atoms with E-state index in [9.17, 15) is 32.3 Å². The second kappa shape index (κ2) is 18.6. The van der Waals surface area contributed by atoms with Gasteiger partial charge in [0, 0.05) is 47.6 Å². The number of anilines is 1. The summed E-state index contributed by atoms with van der Waals surface area (Å²) in [7, 11) is 0. The highest BCUT2D eigenvalue weighted by atomic mass is 32.1. The number of amides is 5. The van der Waals surface area contributed by atoms with Crippen molar-refractivity contribution in [1.29, 1.82) is 0 Å². The lowest BCUT2D eigenvalue weighted by atomic mass is 10.0. The monoisotopic (exact) mass is 765 g/mol. The molecule has 0 aromatic carbocycles. The van der Waals surface area contributed by atoms with E-state index in [0.717, 1.165) is 29.8 Å². The van der Waals surface area contributed by atoms with Crippen molar-refractivity contribution in [2.75, 3.05) is 38.1 Å². The number of likely N-dealkylation sites (N-methyl/N-ethyl adjacent to an activating group) is 1. The lowest BCUT2D eigenvalue weighted by molar-refractivity contribution is -0.140. The number of carbonyl (C=O) groups is 4. The zero-order valence-corrected chi connectivity index (χ0v) is 31.7. The minimum Gasteiger partial charge on any atom is -0.476 e. The SMILES string of the molecule is CCNC(=O)Nc1cc(-c2nc(C(F)(F)F)cs2)c(-c2cc(C(=O)NNC(=O)[C@@H](NC(=O)OC(C)(C)C)C(C)C)cnc2OCCN(CC)CC)cn1. The molecule has 0 bridgehead atoms. The molecule has 5 N–H and O–H groups in total. The van der Waals surface area contributed by atoms with Crippen LogP contribution in [-0.2, 0) is 15.7 Å². The molecule has 15 nitrogen and oxygen atoms in total. The van der Waals surface area contributed by atoms with Gasteiger partial charge in [-0.05, 0) is 58.8 Å². The number of alkyl halides is 3. The van der Waals surface area contributed by atoms with Crippen LogP contribution in [0.25, 0.3) is 21.7 Å². The summed E-state index contributed by atoms with van der Waals surface area (Å²) in [4.78, 5) is 65.7. The fourth-order valence-electron chi connectivity index (χ4n) is 4.70. The molecule has 0 spiro atoms. The largest absolute Gasteiger partial charge is 0.476 e. The Morgan fingerprint density at radius 2 is 1.64 bits per heavy atom. The van der Waals surface area contributed by atoms with Gasteiger partial charge in [0.1, 0.15) is 29.1 Å². The minimum absolute atomic E-state index is 0.0201. The lowest BCUT2D eigenvalue weighted by Crippen LogP contribution is -2.55. The zero-order chi connectivity index (χ0) is 39.5. The van der Waals surface area contributed by atoms with Crippen LogP contribution >= 0.6 is 11.3 Å². The Kier molecular flexibility index (Phi) is 14.9. The number of thiazole rings is 1. The van der Waals surface area contributed by atoms with Gasteiger partial charge in [0.05, 0.1) is 5.56 Å². The number of rotatable bonds is 14. The highest BCUT2D eigenvalue weighted by molar-refractivity contribution is 7.13. The summed E-state index contributed by atoms with van der Waals surface area (Å²) in [5.41, 5.74) is 3.14. The Balaban J connectivity index is 2.04. The maximum atomic E-state index is 13.6. The number of hydrazine groups is 1. The summed E-state index contributed by atoms with van der Waals surface area (Å²) in [5, 5.41) is 8.41. The molecule has 290 valence electrons. The molecular formula is C34H46F3N9O6S. The van der Waals surface area contributed by atoms with Crippen LogP contribution in [0.5, 0.6) is 5.88 Å². The number of nitrogens with one attached hydrogen (secondary N) is 5. The summed E-state index contributed by atoms with van der Waals surface area (Å²) in [5.74, 6) is -1.86. The third-order valence-electron chi connectivity index (χ3n) is 7.37. The molecule has 0 aliphatic rings. The van der Waals surface area contributed by atoms with Gasteiger partial charge in [0.25, 0.3) is 11.8 Å². The summed E-state index contributed by atoms with van der Waals surface area (Å²) in [6.07, 6.45) is -3.02. The smallest absolute Gasteiger partial charge is 0.434 e. The van der Waals surface area contributed by atoms with E-state index < -0.39 is 47.5 Å². The summed E-state index contributed by atoms with van der Waals surface area (Å²) >= 11 is 0.723. The van der Waals surface area contributed by atoms with E-state index in [1.54, 1.807) is 41.5 Å². The predicted octanol–water partition coefficient (Wildman–Crippen LogP) is 5.46. The van der Waals surface area contributed by atoms with E-state index in [-0.39, 0.29) is 51.5 Å². The standard InChI is InChI=1S/C34H46F3N9O6S/c1-9-38-31(49)42-25-15-22(30-41-24(18-53-30)34(35,36)37)23(17-39-25)21-14-20(16-40-29(21)51-13-12-46(10-2)11-3)27(47)44-45-28(48)26(19(4)5)43-32(50)52-33(6,7)8/h14-19,26H,9-13H2,1-8H3,(H,43,50)(H,44,47)(H,45,48)(H2,38,39,42,49)/t26-/m0/s1. The highest BCUT2D eigenvalue weighted by Gasteiger charge is 2.34. The maximum Gasteiger partial charge on any atom is 0.434 e. The van der Waals surface area contributed by atoms with E-state index >= 15 is 0 Å². The summed E-state index contributed by atoms with van der Waals surface area (Å²) in [6, 6.07) is 1.09. The van der Waals surface area contributed by atoms with Crippen LogP contribution in [0.2, 0.25) is 0 Å². The van der Waals surface area contributed by atoms with Crippen molar-refractivity contribution in [3.63, 3.8) is 0 Å². The van der Waals surface area contributed by atoms with Gasteiger partial charge < -0.3 is 25.0 Å². The van der Waals surface area contributed by atoms with E-state index in [1.807, 2.05) is 13.8 Å². The molecule has 3 rings (SSSR count). The first kappa shape index (κ1) is 42.4. The van der Waals surface area contributed by atoms with Crippen molar-refractivity contribution in [2.24, 2.45) is 5.92 Å². The van der Waals surface area contributed by atoms with E-state index in [2.05, 4.69) is 46.7 Å². The number of urea groups is 1. The first-order valence-electron chi connectivity index (χ1n) is 16.9. The maximum absolute atomic E-state index is 13.6. The predicted molar refractivity (Wildman–Crippen MR) is 193 cm³/mol. The second-order valence-electron chi connectivity index (χ2n) is 12.9. The molecule has 3 aromatic heterocycles. The Labute approximate surface area is 309 Å². The van der Waals surface area contributed by atoms with Crippen LogP contribution in [0.15, 0.2) is 29.9 Å². The van der Waals surface area contributed by atoms with Crippen LogP contribution in [0, 0.1) is 5.92 Å². The van der Waals surface area contributed by atoms with Gasteiger partial charge in [-0.15, -0.1) is 11.3 Å². The average Bonchev–Trinajstić information content (AvgIpc) is 3.59. The number of hydrogen-bond donors (Lipinski definition) is 5. The highest BCUT2D eigenvalue weighted by Crippen LogP contribution is 2.41. The van der Waals surface area contributed by atoms with Crippen molar-refractivity contribution in [3.8, 4) is 27.6 Å².